The fourth-order valence-corrected chi connectivity index (χ4v) is 2.02. The molecule has 2 rings (SSSR count). The van der Waals surface area contributed by atoms with E-state index in [1.54, 1.807) is 0 Å². The van der Waals surface area contributed by atoms with Gasteiger partial charge in [0.1, 0.15) is 0 Å². The van der Waals surface area contributed by atoms with Crippen LogP contribution in [0, 0.1) is 0 Å². The molecule has 0 radical (unpaired) electrons. The van der Waals surface area contributed by atoms with Crippen LogP contribution in [0.25, 0.3) is 11.3 Å². The van der Waals surface area contributed by atoms with Gasteiger partial charge in [0.05, 0.1) is 24.0 Å². The van der Waals surface area contributed by atoms with Crippen molar-refractivity contribution < 1.29 is 28.2 Å². The Morgan fingerprint density at radius 2 is 1.88 bits per heavy atom. The maximum absolute atomic E-state index is 13.0. The second-order valence-electron chi connectivity index (χ2n) is 5.02. The Kier molecular flexibility index (Phi) is 5.53. The maximum atomic E-state index is 13.0. The quantitative estimate of drug-likeness (QED) is 0.776. The highest BCUT2D eigenvalue weighted by Crippen LogP contribution is 2.35. The Morgan fingerprint density at radius 1 is 1.21 bits per heavy atom. The first kappa shape index (κ1) is 17.9. The third-order valence-electron chi connectivity index (χ3n) is 3.24. The van der Waals surface area contributed by atoms with Crippen LogP contribution in [-0.4, -0.2) is 40.4 Å². The van der Waals surface area contributed by atoms with Gasteiger partial charge in [-0.05, 0) is 24.3 Å². The lowest BCUT2D eigenvalue weighted by Gasteiger charge is -2.12. The first-order chi connectivity index (χ1) is 11.3. The molecule has 0 aliphatic heterocycles. The number of rotatable bonds is 5. The molecular weight excluding hydrogens is 325 g/mol. The van der Waals surface area contributed by atoms with Crippen LogP contribution in [0.2, 0.25) is 0 Å². The predicted octanol–water partition coefficient (Wildman–Crippen LogP) is 1.85. The third kappa shape index (κ3) is 4.30. The van der Waals surface area contributed by atoms with Gasteiger partial charge in [-0.15, -0.1) is 0 Å². The molecule has 0 unspecified atom stereocenters. The van der Waals surface area contributed by atoms with Crippen molar-refractivity contribution in [2.24, 2.45) is 0 Å². The highest BCUT2D eigenvalue weighted by molar-refractivity contribution is 5.94. The summed E-state index contributed by atoms with van der Waals surface area (Å²) < 4.78 is 39.0. The number of carbonyl (C=O) groups excluding carboxylic acids is 1. The summed E-state index contributed by atoms with van der Waals surface area (Å²) in [6.45, 7) is -0.616. The Bertz CT molecular complexity index is 702. The van der Waals surface area contributed by atoms with Crippen LogP contribution in [-0.2, 0) is 6.18 Å². The fourth-order valence-electron chi connectivity index (χ4n) is 2.02. The highest BCUT2D eigenvalue weighted by Gasteiger charge is 2.34. The average Bonchev–Trinajstić information content (AvgIpc) is 2.58. The number of nitrogens with one attached hydrogen (secondary N) is 1. The van der Waals surface area contributed by atoms with Crippen molar-refractivity contribution in [3.05, 3.63) is 53.7 Å². The molecule has 5 nitrogen and oxygen atoms in total. The molecule has 0 saturated carbocycles. The number of aliphatic hydroxyl groups excluding tert-OH is 2. The van der Waals surface area contributed by atoms with Crippen molar-refractivity contribution in [1.29, 1.82) is 0 Å². The molecule has 2 aromatic rings. The van der Waals surface area contributed by atoms with Crippen LogP contribution in [0.4, 0.5) is 13.2 Å². The largest absolute Gasteiger partial charge is 0.418 e. The van der Waals surface area contributed by atoms with Gasteiger partial charge in [0.2, 0.25) is 0 Å². The fraction of sp³-hybridized carbons (Fsp3) is 0.250. The molecule has 3 N–H and O–H groups in total. The second-order valence-corrected chi connectivity index (χ2v) is 5.02. The number of halogens is 3. The van der Waals surface area contributed by atoms with Gasteiger partial charge < -0.3 is 15.5 Å². The first-order valence-electron chi connectivity index (χ1n) is 7.02. The van der Waals surface area contributed by atoms with Gasteiger partial charge in [-0.1, -0.05) is 12.1 Å². The van der Waals surface area contributed by atoms with Crippen LogP contribution in [0.3, 0.4) is 0 Å². The summed E-state index contributed by atoms with van der Waals surface area (Å²) in [6, 6.07) is 7.62. The van der Waals surface area contributed by atoms with Crippen molar-refractivity contribution in [2.75, 3.05) is 13.2 Å². The zero-order valence-corrected chi connectivity index (χ0v) is 12.4. The van der Waals surface area contributed by atoms with Crippen LogP contribution < -0.4 is 5.32 Å². The van der Waals surface area contributed by atoms with E-state index in [4.69, 9.17) is 5.11 Å². The van der Waals surface area contributed by atoms with E-state index in [2.05, 4.69) is 10.3 Å². The second kappa shape index (κ2) is 7.41. The molecule has 1 amide bonds. The lowest BCUT2D eigenvalue weighted by molar-refractivity contribution is -0.137. The number of hydrogen-bond donors (Lipinski definition) is 3. The Labute approximate surface area is 135 Å². The molecule has 0 spiro atoms. The molecule has 0 aliphatic rings. The molecule has 24 heavy (non-hydrogen) atoms. The number of carbonyl (C=O) groups is 1. The Morgan fingerprint density at radius 3 is 2.46 bits per heavy atom. The third-order valence-corrected chi connectivity index (χ3v) is 3.24. The monoisotopic (exact) mass is 340 g/mol. The van der Waals surface area contributed by atoms with E-state index in [-0.39, 0.29) is 23.4 Å². The van der Waals surface area contributed by atoms with Gasteiger partial charge in [0, 0.05) is 23.9 Å². The molecule has 0 saturated heterocycles. The van der Waals surface area contributed by atoms with Gasteiger partial charge in [0.25, 0.3) is 5.91 Å². The van der Waals surface area contributed by atoms with E-state index in [0.29, 0.717) is 0 Å². The zero-order valence-electron chi connectivity index (χ0n) is 12.4. The van der Waals surface area contributed by atoms with Gasteiger partial charge in [-0.2, -0.15) is 13.2 Å². The van der Waals surface area contributed by atoms with Gasteiger partial charge >= 0.3 is 6.18 Å². The maximum Gasteiger partial charge on any atom is 0.418 e. The van der Waals surface area contributed by atoms with Crippen LogP contribution in [0.15, 0.2) is 42.6 Å². The van der Waals surface area contributed by atoms with E-state index < -0.39 is 30.4 Å². The lowest BCUT2D eigenvalue weighted by Crippen LogP contribution is -2.33. The normalized spacial score (nSPS) is 12.7. The summed E-state index contributed by atoms with van der Waals surface area (Å²) in [7, 11) is 0. The van der Waals surface area contributed by atoms with E-state index in [1.807, 2.05) is 0 Å². The summed E-state index contributed by atoms with van der Waals surface area (Å²) in [6.07, 6.45) is -4.34. The molecule has 0 fully saturated rings. The van der Waals surface area contributed by atoms with Crippen LogP contribution in [0.1, 0.15) is 15.9 Å². The van der Waals surface area contributed by atoms with Gasteiger partial charge in [-0.3, -0.25) is 9.78 Å². The Balaban J connectivity index is 2.20. The SMILES string of the molecule is O=C(NC[C@H](O)CO)c1ccc(-c2ncccc2C(F)(F)F)cc1. The molecule has 8 heteroatoms. The topological polar surface area (TPSA) is 82.5 Å². The summed E-state index contributed by atoms with van der Waals surface area (Å²) in [5.41, 5.74) is -0.621. The van der Waals surface area contributed by atoms with Gasteiger partial charge in [0.15, 0.2) is 0 Å². The smallest absolute Gasteiger partial charge is 0.394 e. The van der Waals surface area contributed by atoms with Crippen molar-refractivity contribution in [2.45, 2.75) is 12.3 Å². The van der Waals surface area contributed by atoms with Gasteiger partial charge in [-0.25, -0.2) is 0 Å². The molecular formula is C16H15F3N2O3. The summed E-state index contributed by atoms with van der Waals surface area (Å²) in [4.78, 5) is 15.6. The molecule has 0 aliphatic carbocycles. The number of aromatic nitrogens is 1. The minimum atomic E-state index is -4.53. The van der Waals surface area contributed by atoms with Crippen molar-refractivity contribution in [3.8, 4) is 11.3 Å². The Hall–Kier alpha value is -2.45. The molecule has 0 bridgehead atoms. The first-order valence-corrected chi connectivity index (χ1v) is 7.02. The molecule has 1 atom stereocenters. The van der Waals surface area contributed by atoms with E-state index in [9.17, 15) is 23.1 Å². The number of aliphatic hydroxyl groups is 2. The average molecular weight is 340 g/mol. The molecule has 1 aromatic heterocycles. The number of hydrogen-bond acceptors (Lipinski definition) is 4. The van der Waals surface area contributed by atoms with Crippen LogP contribution >= 0.6 is 0 Å². The molecule has 128 valence electrons. The lowest BCUT2D eigenvalue weighted by atomic mass is 10.0. The predicted molar refractivity (Wildman–Crippen MR) is 80.1 cm³/mol. The van der Waals surface area contributed by atoms with E-state index >= 15 is 0 Å². The van der Waals surface area contributed by atoms with E-state index in [0.717, 1.165) is 6.07 Å². The summed E-state index contributed by atoms with van der Waals surface area (Å²) in [5, 5.41) is 20.2. The molecule has 1 aromatic carbocycles. The number of amides is 1. The molecule has 1 heterocycles. The van der Waals surface area contributed by atoms with Crippen molar-refractivity contribution in [1.82, 2.24) is 10.3 Å². The summed E-state index contributed by atoms with van der Waals surface area (Å²) >= 11 is 0. The number of pyridine rings is 1. The minimum absolute atomic E-state index is 0.129. The zero-order chi connectivity index (χ0) is 17.7. The van der Waals surface area contributed by atoms with Crippen molar-refractivity contribution in [3.63, 3.8) is 0 Å². The van der Waals surface area contributed by atoms with Crippen LogP contribution in [0.5, 0.6) is 0 Å². The number of alkyl halides is 3. The summed E-state index contributed by atoms with van der Waals surface area (Å²) in [5.74, 6) is -0.508. The van der Waals surface area contributed by atoms with E-state index in [1.165, 1.54) is 36.5 Å². The number of benzene rings is 1. The van der Waals surface area contributed by atoms with Crippen molar-refractivity contribution >= 4 is 5.91 Å². The standard InChI is InChI=1S/C16H15F3N2O3/c17-16(18,19)13-2-1-7-20-14(13)10-3-5-11(6-4-10)15(24)21-8-12(23)9-22/h1-7,12,22-23H,8-9H2,(H,21,24)/t12-/m0/s1. The number of nitrogens with zero attached hydrogens (tertiary/aromatic N) is 1. The minimum Gasteiger partial charge on any atom is -0.394 e. The highest BCUT2D eigenvalue weighted by atomic mass is 19.4.